The van der Waals surface area contributed by atoms with Gasteiger partial charge >= 0.3 is 5.97 Å². The lowest BCUT2D eigenvalue weighted by Crippen LogP contribution is -2.28. The lowest BCUT2D eigenvalue weighted by molar-refractivity contribution is 0.0698. The molecule has 8 nitrogen and oxygen atoms in total. The molecule has 0 spiro atoms. The summed E-state index contributed by atoms with van der Waals surface area (Å²) in [5, 5.41) is 13.2. The van der Waals surface area contributed by atoms with Crippen molar-refractivity contribution in [3.63, 3.8) is 0 Å². The average Bonchev–Trinajstić information content (AvgIpc) is 3.01. The lowest BCUT2D eigenvalue weighted by atomic mass is 10.2. The van der Waals surface area contributed by atoms with Crippen LogP contribution in [-0.2, 0) is 21.3 Å². The average molecular weight is 339 g/mol. The first-order valence-corrected chi connectivity index (χ1v) is 8.14. The van der Waals surface area contributed by atoms with Gasteiger partial charge in [-0.25, -0.2) is 13.2 Å². The first kappa shape index (κ1) is 17.0. The van der Waals surface area contributed by atoms with Gasteiger partial charge in [0.2, 0.25) is 0 Å². The number of hydrogen-bond donors (Lipinski definition) is 1. The number of methoxy groups -OCH3 is 1. The second kappa shape index (κ2) is 6.80. The predicted molar refractivity (Wildman–Crippen MR) is 83.1 cm³/mol. The summed E-state index contributed by atoms with van der Waals surface area (Å²) in [4.78, 5) is 11.2. The number of rotatable bonds is 7. The summed E-state index contributed by atoms with van der Waals surface area (Å²) < 4.78 is 32.6. The molecule has 0 saturated carbocycles. The molecule has 0 aliphatic carbocycles. The zero-order valence-electron chi connectivity index (χ0n) is 12.7. The van der Waals surface area contributed by atoms with E-state index in [2.05, 4.69) is 5.10 Å². The van der Waals surface area contributed by atoms with Crippen LogP contribution in [-0.4, -0.2) is 50.0 Å². The Labute approximate surface area is 134 Å². The number of sulfonamides is 1. The van der Waals surface area contributed by atoms with E-state index in [4.69, 9.17) is 4.74 Å². The summed E-state index contributed by atoms with van der Waals surface area (Å²) in [5.74, 6) is -1.20. The SMILES string of the molecule is COCCn1cc(S(=O)(=O)N(C)c2ccccc2C(=O)O)cn1. The Hall–Kier alpha value is -2.39. The third-order valence-corrected chi connectivity index (χ3v) is 4.99. The topological polar surface area (TPSA) is 102 Å². The predicted octanol–water partition coefficient (Wildman–Crippen LogP) is 1.05. The van der Waals surface area contributed by atoms with Crippen LogP contribution in [0.2, 0.25) is 0 Å². The second-order valence-corrected chi connectivity index (χ2v) is 6.70. The van der Waals surface area contributed by atoms with Gasteiger partial charge in [-0.2, -0.15) is 5.10 Å². The fourth-order valence-corrected chi connectivity index (χ4v) is 3.17. The van der Waals surface area contributed by atoms with E-state index in [1.807, 2.05) is 0 Å². The third-order valence-electron chi connectivity index (χ3n) is 3.27. The quantitative estimate of drug-likeness (QED) is 0.809. The Bertz CT molecular complexity index is 800. The molecule has 0 fully saturated rings. The molecule has 23 heavy (non-hydrogen) atoms. The highest BCUT2D eigenvalue weighted by Gasteiger charge is 2.26. The van der Waals surface area contributed by atoms with Gasteiger partial charge < -0.3 is 9.84 Å². The van der Waals surface area contributed by atoms with Gasteiger partial charge in [0, 0.05) is 20.4 Å². The Morgan fingerprint density at radius 1 is 1.39 bits per heavy atom. The minimum atomic E-state index is -3.91. The first-order valence-electron chi connectivity index (χ1n) is 6.70. The Balaban J connectivity index is 2.36. The van der Waals surface area contributed by atoms with E-state index in [-0.39, 0.29) is 16.1 Å². The molecule has 1 aromatic heterocycles. The Kier molecular flexibility index (Phi) is 5.02. The summed E-state index contributed by atoms with van der Waals surface area (Å²) in [5.41, 5.74) is -0.00464. The molecular weight excluding hydrogens is 322 g/mol. The number of aromatic nitrogens is 2. The van der Waals surface area contributed by atoms with Crippen molar-refractivity contribution >= 4 is 21.7 Å². The smallest absolute Gasteiger partial charge is 0.337 e. The standard InChI is InChI=1S/C14H17N3O5S/c1-16(13-6-4-3-5-12(13)14(18)19)23(20,21)11-9-15-17(10-11)7-8-22-2/h3-6,9-10H,7-8H2,1-2H3,(H,18,19). The molecule has 2 rings (SSSR count). The maximum Gasteiger partial charge on any atom is 0.337 e. The Morgan fingerprint density at radius 2 is 2.09 bits per heavy atom. The molecule has 124 valence electrons. The maximum absolute atomic E-state index is 12.6. The van der Waals surface area contributed by atoms with Crippen LogP contribution in [0.5, 0.6) is 0 Å². The summed E-state index contributed by atoms with van der Waals surface area (Å²) in [7, 11) is -1.06. The zero-order valence-corrected chi connectivity index (χ0v) is 13.5. The zero-order chi connectivity index (χ0) is 17.0. The largest absolute Gasteiger partial charge is 0.478 e. The van der Waals surface area contributed by atoms with Crippen molar-refractivity contribution < 1.29 is 23.1 Å². The number of carboxylic acid groups (broad SMARTS) is 1. The highest BCUT2D eigenvalue weighted by atomic mass is 32.2. The number of anilines is 1. The summed E-state index contributed by atoms with van der Waals surface area (Å²) in [6.45, 7) is 0.820. The van der Waals surface area contributed by atoms with E-state index in [1.54, 1.807) is 6.07 Å². The summed E-state index contributed by atoms with van der Waals surface area (Å²) in [6, 6.07) is 5.91. The molecule has 0 radical (unpaired) electrons. The van der Waals surface area contributed by atoms with Crippen molar-refractivity contribution in [1.29, 1.82) is 0 Å². The van der Waals surface area contributed by atoms with Gasteiger partial charge in [0.15, 0.2) is 0 Å². The number of hydrogen-bond acceptors (Lipinski definition) is 5. The molecule has 9 heteroatoms. The summed E-state index contributed by atoms with van der Waals surface area (Å²) >= 11 is 0. The van der Waals surface area contributed by atoms with Gasteiger partial charge in [0.1, 0.15) is 4.90 Å². The molecule has 1 heterocycles. The number of carbonyl (C=O) groups is 1. The summed E-state index contributed by atoms with van der Waals surface area (Å²) in [6.07, 6.45) is 2.61. The first-order chi connectivity index (χ1) is 10.9. The fraction of sp³-hybridized carbons (Fsp3) is 0.286. The second-order valence-electron chi connectivity index (χ2n) is 4.73. The maximum atomic E-state index is 12.6. The Morgan fingerprint density at radius 3 is 2.74 bits per heavy atom. The number of carboxylic acids is 1. The van der Waals surface area contributed by atoms with Gasteiger partial charge in [0.05, 0.1) is 30.6 Å². The van der Waals surface area contributed by atoms with E-state index in [0.29, 0.717) is 13.2 Å². The van der Waals surface area contributed by atoms with Crippen LogP contribution >= 0.6 is 0 Å². The van der Waals surface area contributed by atoms with E-state index in [1.165, 1.54) is 49.4 Å². The van der Waals surface area contributed by atoms with Crippen molar-refractivity contribution in [2.75, 3.05) is 25.1 Å². The molecule has 0 aliphatic rings. The highest BCUT2D eigenvalue weighted by Crippen LogP contribution is 2.25. The lowest BCUT2D eigenvalue weighted by Gasteiger charge is -2.20. The van der Waals surface area contributed by atoms with Crippen LogP contribution in [0, 0.1) is 0 Å². The number of para-hydroxylation sites is 1. The molecule has 0 atom stereocenters. The molecule has 0 aliphatic heterocycles. The molecule has 1 aromatic carbocycles. The number of aromatic carboxylic acids is 1. The van der Waals surface area contributed by atoms with Crippen molar-refractivity contribution in [3.8, 4) is 0 Å². The van der Waals surface area contributed by atoms with Gasteiger partial charge in [-0.05, 0) is 12.1 Å². The van der Waals surface area contributed by atoms with Gasteiger partial charge in [-0.1, -0.05) is 12.1 Å². The fourth-order valence-electron chi connectivity index (χ4n) is 2.00. The van der Waals surface area contributed by atoms with Gasteiger partial charge in [-0.3, -0.25) is 8.99 Å². The van der Waals surface area contributed by atoms with Crippen LogP contribution < -0.4 is 4.31 Å². The van der Waals surface area contributed by atoms with Crippen molar-refractivity contribution in [3.05, 3.63) is 42.2 Å². The van der Waals surface area contributed by atoms with E-state index < -0.39 is 16.0 Å². The van der Waals surface area contributed by atoms with Crippen molar-refractivity contribution in [2.45, 2.75) is 11.4 Å². The van der Waals surface area contributed by atoms with Crippen molar-refractivity contribution in [1.82, 2.24) is 9.78 Å². The third kappa shape index (κ3) is 3.51. The minimum Gasteiger partial charge on any atom is -0.478 e. The monoisotopic (exact) mass is 339 g/mol. The van der Waals surface area contributed by atoms with Crippen LogP contribution in [0.3, 0.4) is 0 Å². The van der Waals surface area contributed by atoms with E-state index in [0.717, 1.165) is 4.31 Å². The van der Waals surface area contributed by atoms with Crippen molar-refractivity contribution in [2.24, 2.45) is 0 Å². The molecule has 0 amide bonds. The van der Waals surface area contributed by atoms with Crippen LogP contribution in [0.1, 0.15) is 10.4 Å². The number of ether oxygens (including phenoxy) is 1. The highest BCUT2D eigenvalue weighted by molar-refractivity contribution is 7.92. The van der Waals surface area contributed by atoms with E-state index in [9.17, 15) is 18.3 Å². The van der Waals surface area contributed by atoms with Crippen LogP contribution in [0.4, 0.5) is 5.69 Å². The van der Waals surface area contributed by atoms with Gasteiger partial charge in [-0.15, -0.1) is 0 Å². The van der Waals surface area contributed by atoms with Crippen LogP contribution in [0.25, 0.3) is 0 Å². The molecule has 0 saturated heterocycles. The number of benzene rings is 1. The van der Waals surface area contributed by atoms with Gasteiger partial charge in [0.25, 0.3) is 10.0 Å². The normalized spacial score (nSPS) is 11.4. The molecular formula is C14H17N3O5S. The van der Waals surface area contributed by atoms with Crippen LogP contribution in [0.15, 0.2) is 41.6 Å². The molecule has 2 aromatic rings. The van der Waals surface area contributed by atoms with E-state index >= 15 is 0 Å². The molecule has 0 unspecified atom stereocenters. The molecule has 1 N–H and O–H groups in total. The minimum absolute atomic E-state index is 0.0173. The molecule has 0 bridgehead atoms. The number of nitrogens with zero attached hydrogens (tertiary/aromatic N) is 3.